The first kappa shape index (κ1) is 15.5. The van der Waals surface area contributed by atoms with Crippen LogP contribution < -0.4 is 10.6 Å². The second-order valence-corrected chi connectivity index (χ2v) is 4.27. The quantitative estimate of drug-likeness (QED) is 0.823. The van der Waals surface area contributed by atoms with Gasteiger partial charge < -0.3 is 10.6 Å². The molecule has 0 aliphatic heterocycles. The summed E-state index contributed by atoms with van der Waals surface area (Å²) in [5.74, 6) is 0.0709. The molecule has 4 heteroatoms. The summed E-state index contributed by atoms with van der Waals surface area (Å²) in [6.07, 6.45) is 0.436. The van der Waals surface area contributed by atoms with Crippen LogP contribution in [0.15, 0.2) is 42.5 Å². The SMILES string of the molecule is CNCCNC(=O)Cc1cccc2ccccc12.Cl. The number of benzene rings is 2. The van der Waals surface area contributed by atoms with Crippen molar-refractivity contribution in [1.29, 1.82) is 0 Å². The molecule has 19 heavy (non-hydrogen) atoms. The van der Waals surface area contributed by atoms with Crippen molar-refractivity contribution in [1.82, 2.24) is 10.6 Å². The van der Waals surface area contributed by atoms with Crippen LogP contribution in [0.3, 0.4) is 0 Å². The molecule has 2 aromatic rings. The van der Waals surface area contributed by atoms with E-state index in [4.69, 9.17) is 0 Å². The summed E-state index contributed by atoms with van der Waals surface area (Å²) < 4.78 is 0. The summed E-state index contributed by atoms with van der Waals surface area (Å²) >= 11 is 0. The molecule has 0 saturated carbocycles. The number of nitrogens with one attached hydrogen (secondary N) is 2. The minimum atomic E-state index is 0. The van der Waals surface area contributed by atoms with Crippen LogP contribution in [0.25, 0.3) is 10.8 Å². The Morgan fingerprint density at radius 3 is 2.58 bits per heavy atom. The van der Waals surface area contributed by atoms with E-state index in [2.05, 4.69) is 28.8 Å². The van der Waals surface area contributed by atoms with Crippen molar-refractivity contribution >= 4 is 29.1 Å². The molecule has 1 amide bonds. The van der Waals surface area contributed by atoms with Crippen LogP contribution in [0.2, 0.25) is 0 Å². The molecule has 0 spiro atoms. The average molecular weight is 279 g/mol. The van der Waals surface area contributed by atoms with E-state index in [-0.39, 0.29) is 18.3 Å². The maximum absolute atomic E-state index is 11.8. The van der Waals surface area contributed by atoms with Crippen LogP contribution in [-0.4, -0.2) is 26.0 Å². The Balaban J connectivity index is 0.00000180. The maximum atomic E-state index is 11.8. The van der Waals surface area contributed by atoms with E-state index in [1.165, 1.54) is 5.39 Å². The third kappa shape index (κ3) is 4.23. The Morgan fingerprint density at radius 2 is 1.79 bits per heavy atom. The molecular weight excluding hydrogens is 260 g/mol. The van der Waals surface area contributed by atoms with Gasteiger partial charge in [-0.25, -0.2) is 0 Å². The number of likely N-dealkylation sites (N-methyl/N-ethyl adjacent to an activating group) is 1. The Bertz CT molecular complexity index is 537. The zero-order chi connectivity index (χ0) is 12.8. The molecule has 0 unspecified atom stereocenters. The first-order valence-electron chi connectivity index (χ1n) is 6.19. The van der Waals surface area contributed by atoms with E-state index in [9.17, 15) is 4.79 Å². The summed E-state index contributed by atoms with van der Waals surface area (Å²) in [7, 11) is 1.87. The number of carbonyl (C=O) groups is 1. The van der Waals surface area contributed by atoms with Crippen LogP contribution >= 0.6 is 12.4 Å². The second-order valence-electron chi connectivity index (χ2n) is 4.27. The van der Waals surface area contributed by atoms with Gasteiger partial charge in [-0.2, -0.15) is 0 Å². The normalized spacial score (nSPS) is 9.95. The molecule has 2 rings (SSSR count). The molecule has 102 valence electrons. The van der Waals surface area contributed by atoms with Gasteiger partial charge in [0.25, 0.3) is 0 Å². The fraction of sp³-hybridized carbons (Fsp3) is 0.267. The first-order chi connectivity index (χ1) is 8.81. The Hall–Kier alpha value is -1.58. The lowest BCUT2D eigenvalue weighted by molar-refractivity contribution is -0.120. The highest BCUT2D eigenvalue weighted by Crippen LogP contribution is 2.18. The van der Waals surface area contributed by atoms with Crippen LogP contribution in [0.4, 0.5) is 0 Å². The minimum absolute atomic E-state index is 0. The molecule has 2 aromatic carbocycles. The largest absolute Gasteiger partial charge is 0.355 e. The van der Waals surface area contributed by atoms with Crippen LogP contribution in [0, 0.1) is 0 Å². The number of carbonyl (C=O) groups excluding carboxylic acids is 1. The van der Waals surface area contributed by atoms with Gasteiger partial charge in [0.2, 0.25) is 5.91 Å². The molecule has 0 atom stereocenters. The Labute approximate surface area is 119 Å². The number of fused-ring (bicyclic) bond motifs is 1. The molecule has 0 radical (unpaired) electrons. The lowest BCUT2D eigenvalue weighted by Crippen LogP contribution is -2.31. The highest BCUT2D eigenvalue weighted by atomic mass is 35.5. The van der Waals surface area contributed by atoms with Gasteiger partial charge in [0, 0.05) is 13.1 Å². The summed E-state index contributed by atoms with van der Waals surface area (Å²) in [4.78, 5) is 11.8. The van der Waals surface area contributed by atoms with Gasteiger partial charge >= 0.3 is 0 Å². The number of amides is 1. The number of halogens is 1. The number of hydrogen-bond acceptors (Lipinski definition) is 2. The fourth-order valence-corrected chi connectivity index (χ4v) is 2.01. The van der Waals surface area contributed by atoms with E-state index >= 15 is 0 Å². The number of rotatable bonds is 5. The lowest BCUT2D eigenvalue weighted by atomic mass is 10.0. The smallest absolute Gasteiger partial charge is 0.224 e. The number of hydrogen-bond donors (Lipinski definition) is 2. The standard InChI is InChI=1S/C15H18N2O.ClH/c1-16-9-10-17-15(18)11-13-7-4-6-12-5-2-3-8-14(12)13;/h2-8,16H,9-11H2,1H3,(H,17,18);1H. The zero-order valence-electron chi connectivity index (χ0n) is 11.0. The zero-order valence-corrected chi connectivity index (χ0v) is 11.8. The lowest BCUT2D eigenvalue weighted by Gasteiger charge is -2.07. The van der Waals surface area contributed by atoms with Crippen molar-refractivity contribution in [3.8, 4) is 0 Å². The fourth-order valence-electron chi connectivity index (χ4n) is 2.01. The van der Waals surface area contributed by atoms with Crippen LogP contribution in [0.5, 0.6) is 0 Å². The first-order valence-corrected chi connectivity index (χ1v) is 6.19. The Morgan fingerprint density at radius 1 is 1.05 bits per heavy atom. The third-order valence-corrected chi connectivity index (χ3v) is 2.93. The maximum Gasteiger partial charge on any atom is 0.224 e. The summed E-state index contributed by atoms with van der Waals surface area (Å²) in [5.41, 5.74) is 1.08. The van der Waals surface area contributed by atoms with E-state index in [1.807, 2.05) is 31.3 Å². The van der Waals surface area contributed by atoms with Crippen molar-refractivity contribution in [2.24, 2.45) is 0 Å². The molecule has 0 aromatic heterocycles. The van der Waals surface area contributed by atoms with Gasteiger partial charge in [-0.05, 0) is 23.4 Å². The molecule has 0 aliphatic rings. The van der Waals surface area contributed by atoms with Crippen molar-refractivity contribution < 1.29 is 4.79 Å². The molecule has 0 saturated heterocycles. The average Bonchev–Trinajstić information content (AvgIpc) is 2.39. The summed E-state index contributed by atoms with van der Waals surface area (Å²) in [5, 5.41) is 8.23. The molecule has 0 fully saturated rings. The molecular formula is C15H19ClN2O. The van der Waals surface area contributed by atoms with Crippen molar-refractivity contribution in [2.75, 3.05) is 20.1 Å². The van der Waals surface area contributed by atoms with Crippen molar-refractivity contribution in [2.45, 2.75) is 6.42 Å². The summed E-state index contributed by atoms with van der Waals surface area (Å²) in [6.45, 7) is 1.46. The van der Waals surface area contributed by atoms with Gasteiger partial charge in [-0.15, -0.1) is 12.4 Å². The van der Waals surface area contributed by atoms with Crippen molar-refractivity contribution in [3.63, 3.8) is 0 Å². The van der Waals surface area contributed by atoms with Gasteiger partial charge in [0.15, 0.2) is 0 Å². The van der Waals surface area contributed by atoms with Crippen LogP contribution in [0.1, 0.15) is 5.56 Å². The predicted molar refractivity (Wildman–Crippen MR) is 81.8 cm³/mol. The summed E-state index contributed by atoms with van der Waals surface area (Å²) in [6, 6.07) is 14.2. The van der Waals surface area contributed by atoms with Gasteiger partial charge in [0.05, 0.1) is 6.42 Å². The molecule has 0 heterocycles. The third-order valence-electron chi connectivity index (χ3n) is 2.93. The minimum Gasteiger partial charge on any atom is -0.355 e. The Kier molecular flexibility index (Phi) is 6.33. The monoisotopic (exact) mass is 278 g/mol. The topological polar surface area (TPSA) is 41.1 Å². The van der Waals surface area contributed by atoms with E-state index < -0.39 is 0 Å². The predicted octanol–water partition coefficient (Wildman–Crippen LogP) is 2.14. The van der Waals surface area contributed by atoms with Gasteiger partial charge in [-0.1, -0.05) is 42.5 Å². The van der Waals surface area contributed by atoms with Gasteiger partial charge in [-0.3, -0.25) is 4.79 Å². The molecule has 0 bridgehead atoms. The van der Waals surface area contributed by atoms with Crippen LogP contribution in [-0.2, 0) is 11.2 Å². The van der Waals surface area contributed by atoms with E-state index in [0.29, 0.717) is 13.0 Å². The van der Waals surface area contributed by atoms with Gasteiger partial charge in [0.1, 0.15) is 0 Å². The van der Waals surface area contributed by atoms with E-state index in [1.54, 1.807) is 0 Å². The van der Waals surface area contributed by atoms with Crippen molar-refractivity contribution in [3.05, 3.63) is 48.0 Å². The molecule has 2 N–H and O–H groups in total. The van der Waals surface area contributed by atoms with E-state index in [0.717, 1.165) is 17.5 Å². The highest BCUT2D eigenvalue weighted by Gasteiger charge is 2.05. The highest BCUT2D eigenvalue weighted by molar-refractivity contribution is 5.90. The molecule has 3 nitrogen and oxygen atoms in total. The second kappa shape index (κ2) is 7.77. The molecule has 0 aliphatic carbocycles.